The number of esters is 1. The normalized spacial score (nSPS) is 10.5. The lowest BCUT2D eigenvalue weighted by Crippen LogP contribution is -2.10. The van der Waals surface area contributed by atoms with Crippen LogP contribution in [0.4, 0.5) is 8.78 Å². The molecule has 3 nitrogen and oxygen atoms in total. The Labute approximate surface area is 90.0 Å². The van der Waals surface area contributed by atoms with E-state index < -0.39 is 18.1 Å². The van der Waals surface area contributed by atoms with Crippen LogP contribution in [0.15, 0.2) is 12.1 Å². The third kappa shape index (κ3) is 2.86. The third-order valence-corrected chi connectivity index (χ3v) is 1.80. The zero-order valence-electron chi connectivity index (χ0n) is 7.84. The number of halogens is 3. The van der Waals surface area contributed by atoms with Gasteiger partial charge in [-0.15, -0.1) is 0 Å². The van der Waals surface area contributed by atoms with Crippen LogP contribution in [0.25, 0.3) is 0 Å². The van der Waals surface area contributed by atoms with Crippen molar-refractivity contribution >= 4 is 17.6 Å². The summed E-state index contributed by atoms with van der Waals surface area (Å²) in [5.41, 5.74) is -0.905. The fourth-order valence-electron chi connectivity index (χ4n) is 0.998. The number of hydrogen-bond acceptors (Lipinski definition) is 3. The Bertz CT molecular complexity index is 371. The zero-order chi connectivity index (χ0) is 11.4. The van der Waals surface area contributed by atoms with Crippen LogP contribution < -0.4 is 0 Å². The maximum atomic E-state index is 12.5. The first-order valence-electron chi connectivity index (χ1n) is 4.18. The Kier molecular flexibility index (Phi) is 3.96. The highest BCUT2D eigenvalue weighted by molar-refractivity contribution is 6.29. The van der Waals surface area contributed by atoms with Crippen LogP contribution in [0.1, 0.15) is 29.4 Å². The molecule has 0 aromatic carbocycles. The van der Waals surface area contributed by atoms with E-state index in [1.54, 1.807) is 6.92 Å². The number of nitrogens with zero attached hydrogens (tertiary/aromatic N) is 1. The Morgan fingerprint density at radius 3 is 2.80 bits per heavy atom. The minimum atomic E-state index is -2.86. The molecular weight excluding hydrogens is 228 g/mol. The van der Waals surface area contributed by atoms with Gasteiger partial charge in [0.05, 0.1) is 12.2 Å². The fraction of sp³-hybridized carbons (Fsp3) is 0.333. The van der Waals surface area contributed by atoms with E-state index in [2.05, 4.69) is 9.72 Å². The van der Waals surface area contributed by atoms with Crippen molar-refractivity contribution in [1.29, 1.82) is 0 Å². The summed E-state index contributed by atoms with van der Waals surface area (Å²) in [5, 5.41) is -0.0849. The van der Waals surface area contributed by atoms with Gasteiger partial charge in [-0.3, -0.25) is 0 Å². The Morgan fingerprint density at radius 2 is 2.27 bits per heavy atom. The van der Waals surface area contributed by atoms with Crippen molar-refractivity contribution in [2.24, 2.45) is 0 Å². The first kappa shape index (κ1) is 11.8. The molecule has 1 aromatic heterocycles. The van der Waals surface area contributed by atoms with E-state index in [1.807, 2.05) is 0 Å². The van der Waals surface area contributed by atoms with Gasteiger partial charge in [0.15, 0.2) is 0 Å². The molecule has 0 saturated carbocycles. The summed E-state index contributed by atoms with van der Waals surface area (Å²) in [7, 11) is 0. The quantitative estimate of drug-likeness (QED) is 0.597. The van der Waals surface area contributed by atoms with Gasteiger partial charge >= 0.3 is 5.97 Å². The maximum Gasteiger partial charge on any atom is 0.340 e. The fourth-order valence-corrected chi connectivity index (χ4v) is 1.15. The predicted octanol–water partition coefficient (Wildman–Crippen LogP) is 2.85. The summed E-state index contributed by atoms with van der Waals surface area (Å²) in [6.45, 7) is 1.70. The maximum absolute atomic E-state index is 12.5. The van der Waals surface area contributed by atoms with Crippen LogP contribution in [-0.4, -0.2) is 17.6 Å². The van der Waals surface area contributed by atoms with Gasteiger partial charge in [-0.2, -0.15) is 0 Å². The summed E-state index contributed by atoms with van der Waals surface area (Å²) < 4.78 is 29.6. The van der Waals surface area contributed by atoms with Gasteiger partial charge in [-0.05, 0) is 19.1 Å². The second-order valence-electron chi connectivity index (χ2n) is 2.59. The second kappa shape index (κ2) is 5.02. The number of rotatable bonds is 3. The number of hydrogen-bond donors (Lipinski definition) is 0. The van der Waals surface area contributed by atoms with Crippen LogP contribution in [0.2, 0.25) is 5.15 Å². The summed E-state index contributed by atoms with van der Waals surface area (Å²) in [6.07, 6.45) is -2.86. The molecule has 0 aliphatic rings. The summed E-state index contributed by atoms with van der Waals surface area (Å²) in [6, 6.07) is 2.44. The van der Waals surface area contributed by atoms with Gasteiger partial charge < -0.3 is 4.74 Å². The Balaban J connectivity index is 3.11. The minimum Gasteiger partial charge on any atom is -0.462 e. The molecule has 15 heavy (non-hydrogen) atoms. The van der Waals surface area contributed by atoms with E-state index in [1.165, 1.54) is 12.1 Å². The molecule has 1 heterocycles. The molecule has 0 N–H and O–H groups in total. The number of aromatic nitrogens is 1. The van der Waals surface area contributed by atoms with E-state index in [9.17, 15) is 13.6 Å². The van der Waals surface area contributed by atoms with Crippen molar-refractivity contribution < 1.29 is 18.3 Å². The largest absolute Gasteiger partial charge is 0.462 e. The monoisotopic (exact) mass is 235 g/mol. The van der Waals surface area contributed by atoms with E-state index in [-0.39, 0.29) is 17.3 Å². The molecule has 1 rings (SSSR count). The zero-order valence-corrected chi connectivity index (χ0v) is 8.59. The predicted molar refractivity (Wildman–Crippen MR) is 50.2 cm³/mol. The lowest BCUT2D eigenvalue weighted by Gasteiger charge is -2.07. The summed E-state index contributed by atoms with van der Waals surface area (Å²) >= 11 is 5.45. The number of alkyl halides is 2. The molecule has 82 valence electrons. The molecule has 0 bridgehead atoms. The lowest BCUT2D eigenvalue weighted by atomic mass is 10.2. The van der Waals surface area contributed by atoms with E-state index in [0.29, 0.717) is 0 Å². The van der Waals surface area contributed by atoms with Gasteiger partial charge in [0.1, 0.15) is 10.8 Å². The van der Waals surface area contributed by atoms with Crippen LogP contribution in [0, 0.1) is 0 Å². The van der Waals surface area contributed by atoms with Gasteiger partial charge in [-0.25, -0.2) is 18.6 Å². The summed E-state index contributed by atoms with van der Waals surface area (Å²) in [5.74, 6) is -0.822. The molecule has 0 unspecified atom stereocenters. The minimum absolute atomic E-state index is 0.0849. The molecule has 0 aliphatic carbocycles. The molecule has 0 atom stereocenters. The molecule has 0 aliphatic heterocycles. The van der Waals surface area contributed by atoms with Crippen molar-refractivity contribution in [2.75, 3.05) is 6.61 Å². The average molecular weight is 236 g/mol. The molecular formula is C9H8ClF2NO2. The average Bonchev–Trinajstić information content (AvgIpc) is 2.17. The van der Waals surface area contributed by atoms with E-state index in [4.69, 9.17) is 11.6 Å². The molecule has 1 aromatic rings. The van der Waals surface area contributed by atoms with Gasteiger partial charge in [0.2, 0.25) is 0 Å². The first-order valence-corrected chi connectivity index (χ1v) is 4.55. The van der Waals surface area contributed by atoms with Crippen molar-refractivity contribution in [2.45, 2.75) is 13.3 Å². The number of pyridine rings is 1. The van der Waals surface area contributed by atoms with Crippen LogP contribution in [-0.2, 0) is 4.74 Å². The highest BCUT2D eigenvalue weighted by Crippen LogP contribution is 2.23. The van der Waals surface area contributed by atoms with E-state index in [0.717, 1.165) is 0 Å². The van der Waals surface area contributed by atoms with Crippen molar-refractivity contribution in [3.8, 4) is 0 Å². The Morgan fingerprint density at radius 1 is 1.60 bits per heavy atom. The van der Waals surface area contributed by atoms with Crippen molar-refractivity contribution in [1.82, 2.24) is 4.98 Å². The highest BCUT2D eigenvalue weighted by atomic mass is 35.5. The van der Waals surface area contributed by atoms with Crippen LogP contribution in [0.5, 0.6) is 0 Å². The summed E-state index contributed by atoms with van der Waals surface area (Å²) in [4.78, 5) is 14.6. The third-order valence-electron chi connectivity index (χ3n) is 1.59. The van der Waals surface area contributed by atoms with Gasteiger partial charge in [0.25, 0.3) is 6.43 Å². The number of ether oxygens (including phenoxy) is 1. The Hall–Kier alpha value is -1.23. The van der Waals surface area contributed by atoms with Gasteiger partial charge in [-0.1, -0.05) is 11.6 Å². The molecule has 0 saturated heterocycles. The first-order chi connectivity index (χ1) is 7.06. The molecule has 0 fully saturated rings. The highest BCUT2D eigenvalue weighted by Gasteiger charge is 2.21. The second-order valence-corrected chi connectivity index (χ2v) is 2.98. The number of carbonyl (C=O) groups is 1. The molecule has 0 spiro atoms. The molecule has 6 heteroatoms. The van der Waals surface area contributed by atoms with Gasteiger partial charge in [0, 0.05) is 0 Å². The van der Waals surface area contributed by atoms with Crippen LogP contribution in [0.3, 0.4) is 0 Å². The number of carbonyl (C=O) groups excluding carboxylic acids is 1. The standard InChI is InChI=1S/C9H8ClF2NO2/c1-2-15-9(14)5-3-4-6(10)13-7(5)8(11)12/h3-4,8H,2H2,1H3. The smallest absolute Gasteiger partial charge is 0.340 e. The van der Waals surface area contributed by atoms with Crippen LogP contribution >= 0.6 is 11.6 Å². The molecule has 0 amide bonds. The van der Waals surface area contributed by atoms with Crippen molar-refractivity contribution in [3.05, 3.63) is 28.5 Å². The SMILES string of the molecule is CCOC(=O)c1ccc(Cl)nc1C(F)F. The van der Waals surface area contributed by atoms with E-state index >= 15 is 0 Å². The molecule has 0 radical (unpaired) electrons. The topological polar surface area (TPSA) is 39.2 Å². The lowest BCUT2D eigenvalue weighted by molar-refractivity contribution is 0.0513. The van der Waals surface area contributed by atoms with Crippen molar-refractivity contribution in [3.63, 3.8) is 0 Å².